The molecule has 0 fully saturated rings. The van der Waals surface area contributed by atoms with E-state index in [0.29, 0.717) is 17.0 Å². The highest BCUT2D eigenvalue weighted by Gasteiger charge is 2.15. The summed E-state index contributed by atoms with van der Waals surface area (Å²) in [6, 6.07) is 6.62. The number of nitrogens with zero attached hydrogens (tertiary/aromatic N) is 2. The summed E-state index contributed by atoms with van der Waals surface area (Å²) in [7, 11) is 0. The largest absolute Gasteiger partial charge is 0.327 e. The highest BCUT2D eigenvalue weighted by molar-refractivity contribution is 6.30. The Bertz CT molecular complexity index is 582. The molecule has 0 amide bonds. The molecular weight excluding hydrogens is 260 g/mol. The van der Waals surface area contributed by atoms with Gasteiger partial charge in [-0.15, -0.1) is 0 Å². The predicted octanol–water partition coefficient (Wildman–Crippen LogP) is 2.69. The van der Waals surface area contributed by atoms with Crippen LogP contribution in [0, 0.1) is 0 Å². The van der Waals surface area contributed by atoms with Crippen LogP contribution >= 0.6 is 11.6 Å². The zero-order valence-corrected chi connectivity index (χ0v) is 11.2. The molecule has 1 aromatic carbocycles. The van der Waals surface area contributed by atoms with Crippen molar-refractivity contribution in [2.75, 3.05) is 5.32 Å². The van der Waals surface area contributed by atoms with E-state index in [9.17, 15) is 0 Å². The van der Waals surface area contributed by atoms with Crippen LogP contribution in [0.25, 0.3) is 0 Å². The van der Waals surface area contributed by atoms with E-state index < -0.39 is 0 Å². The van der Waals surface area contributed by atoms with Gasteiger partial charge in [-0.2, -0.15) is 0 Å². The van der Waals surface area contributed by atoms with Crippen LogP contribution < -0.4 is 11.1 Å². The van der Waals surface area contributed by atoms with Gasteiger partial charge in [-0.25, -0.2) is 9.97 Å². The van der Waals surface area contributed by atoms with Gasteiger partial charge in [-0.3, -0.25) is 0 Å². The first kappa shape index (κ1) is 12.4. The number of hydrogen-bond donors (Lipinski definition) is 2. The molecule has 0 spiro atoms. The summed E-state index contributed by atoms with van der Waals surface area (Å²) < 4.78 is 0. The summed E-state index contributed by atoms with van der Waals surface area (Å²) in [5.41, 5.74) is 9.68. The molecular formula is C14H15ClN4. The molecule has 3 rings (SSSR count). The van der Waals surface area contributed by atoms with Crippen molar-refractivity contribution in [1.82, 2.24) is 9.97 Å². The molecule has 1 aliphatic carbocycles. The Hall–Kier alpha value is -1.65. The summed E-state index contributed by atoms with van der Waals surface area (Å²) in [6.45, 7) is 0. The quantitative estimate of drug-likeness (QED) is 0.884. The second kappa shape index (κ2) is 5.15. The lowest BCUT2D eigenvalue weighted by Crippen LogP contribution is -2.27. The SMILES string of the molecule is N[C@H]1CCc2cc(Nc3ncc(Cl)cn3)ccc2C1. The molecule has 0 saturated carbocycles. The molecule has 0 radical (unpaired) electrons. The Kier molecular flexibility index (Phi) is 3.36. The lowest BCUT2D eigenvalue weighted by molar-refractivity contribution is 0.577. The van der Waals surface area contributed by atoms with Crippen molar-refractivity contribution in [2.45, 2.75) is 25.3 Å². The van der Waals surface area contributed by atoms with Crippen molar-refractivity contribution < 1.29 is 0 Å². The van der Waals surface area contributed by atoms with E-state index >= 15 is 0 Å². The maximum Gasteiger partial charge on any atom is 0.227 e. The first-order valence-electron chi connectivity index (χ1n) is 6.32. The van der Waals surface area contributed by atoms with Gasteiger partial charge in [0.1, 0.15) is 0 Å². The monoisotopic (exact) mass is 274 g/mol. The van der Waals surface area contributed by atoms with Gasteiger partial charge in [-0.05, 0) is 42.5 Å². The van der Waals surface area contributed by atoms with Crippen LogP contribution in [-0.4, -0.2) is 16.0 Å². The third-order valence-corrected chi connectivity index (χ3v) is 3.54. The molecule has 5 heteroatoms. The van der Waals surface area contributed by atoms with Crippen molar-refractivity contribution in [3.63, 3.8) is 0 Å². The first-order chi connectivity index (χ1) is 9.20. The molecule has 19 heavy (non-hydrogen) atoms. The number of fused-ring (bicyclic) bond motifs is 1. The molecule has 1 atom stereocenters. The van der Waals surface area contributed by atoms with Gasteiger partial charge in [0.25, 0.3) is 0 Å². The second-order valence-electron chi connectivity index (χ2n) is 4.84. The molecule has 2 aromatic rings. The summed E-state index contributed by atoms with van der Waals surface area (Å²) in [4.78, 5) is 8.25. The van der Waals surface area contributed by atoms with Crippen molar-refractivity contribution >= 4 is 23.2 Å². The van der Waals surface area contributed by atoms with Crippen LogP contribution in [0.1, 0.15) is 17.5 Å². The number of hydrogen-bond acceptors (Lipinski definition) is 4. The van der Waals surface area contributed by atoms with Gasteiger partial charge in [0.2, 0.25) is 5.95 Å². The van der Waals surface area contributed by atoms with Crippen LogP contribution in [0.3, 0.4) is 0 Å². The minimum absolute atomic E-state index is 0.297. The smallest absolute Gasteiger partial charge is 0.227 e. The molecule has 0 aliphatic heterocycles. The molecule has 0 saturated heterocycles. The van der Waals surface area contributed by atoms with E-state index in [-0.39, 0.29) is 0 Å². The number of rotatable bonds is 2. The zero-order valence-electron chi connectivity index (χ0n) is 10.4. The summed E-state index contributed by atoms with van der Waals surface area (Å²) in [5, 5.41) is 3.71. The van der Waals surface area contributed by atoms with Crippen molar-refractivity contribution in [3.8, 4) is 0 Å². The van der Waals surface area contributed by atoms with E-state index in [1.165, 1.54) is 11.1 Å². The van der Waals surface area contributed by atoms with E-state index in [1.807, 2.05) is 6.07 Å². The number of anilines is 2. The standard InChI is InChI=1S/C14H15ClN4/c15-11-7-17-14(18-8-11)19-13-4-2-9-5-12(16)3-1-10(9)6-13/h2,4,6-8,12H,1,3,5,16H2,(H,17,18,19)/t12-/m0/s1. The Balaban J connectivity index is 1.80. The average molecular weight is 275 g/mol. The summed E-state index contributed by atoms with van der Waals surface area (Å²) in [6.07, 6.45) is 6.21. The van der Waals surface area contributed by atoms with Gasteiger partial charge in [0, 0.05) is 11.7 Å². The number of aryl methyl sites for hydroxylation is 1. The zero-order chi connectivity index (χ0) is 13.2. The highest BCUT2D eigenvalue weighted by Crippen LogP contribution is 2.25. The Morgan fingerprint density at radius 2 is 2.00 bits per heavy atom. The average Bonchev–Trinajstić information content (AvgIpc) is 2.42. The molecule has 0 unspecified atom stereocenters. The lowest BCUT2D eigenvalue weighted by atomic mass is 9.88. The van der Waals surface area contributed by atoms with E-state index in [0.717, 1.165) is 24.9 Å². The fourth-order valence-corrected chi connectivity index (χ4v) is 2.46. The van der Waals surface area contributed by atoms with Gasteiger partial charge < -0.3 is 11.1 Å². The topological polar surface area (TPSA) is 63.8 Å². The van der Waals surface area contributed by atoms with E-state index in [4.69, 9.17) is 17.3 Å². The van der Waals surface area contributed by atoms with E-state index in [1.54, 1.807) is 12.4 Å². The summed E-state index contributed by atoms with van der Waals surface area (Å²) in [5.74, 6) is 0.553. The number of benzene rings is 1. The van der Waals surface area contributed by atoms with Crippen molar-refractivity contribution in [1.29, 1.82) is 0 Å². The number of halogens is 1. The molecule has 3 N–H and O–H groups in total. The molecule has 1 heterocycles. The van der Waals surface area contributed by atoms with Gasteiger partial charge in [-0.1, -0.05) is 17.7 Å². The molecule has 1 aromatic heterocycles. The number of nitrogens with two attached hydrogens (primary N) is 1. The lowest BCUT2D eigenvalue weighted by Gasteiger charge is -2.22. The third kappa shape index (κ3) is 2.85. The van der Waals surface area contributed by atoms with Crippen molar-refractivity contribution in [3.05, 3.63) is 46.7 Å². The first-order valence-corrected chi connectivity index (χ1v) is 6.70. The predicted molar refractivity (Wildman–Crippen MR) is 76.8 cm³/mol. The molecule has 1 aliphatic rings. The van der Waals surface area contributed by atoms with Gasteiger partial charge in [0.15, 0.2) is 0 Å². The van der Waals surface area contributed by atoms with Gasteiger partial charge in [0.05, 0.1) is 17.4 Å². The minimum atomic E-state index is 0.297. The number of aromatic nitrogens is 2. The van der Waals surface area contributed by atoms with Crippen molar-refractivity contribution in [2.24, 2.45) is 5.73 Å². The maximum absolute atomic E-state index is 5.98. The minimum Gasteiger partial charge on any atom is -0.327 e. The van der Waals surface area contributed by atoms with Crippen LogP contribution in [-0.2, 0) is 12.8 Å². The Morgan fingerprint density at radius 1 is 1.21 bits per heavy atom. The highest BCUT2D eigenvalue weighted by atomic mass is 35.5. The van der Waals surface area contributed by atoms with Crippen LogP contribution in [0.4, 0.5) is 11.6 Å². The van der Waals surface area contributed by atoms with Gasteiger partial charge >= 0.3 is 0 Å². The van der Waals surface area contributed by atoms with E-state index in [2.05, 4.69) is 27.4 Å². The molecule has 4 nitrogen and oxygen atoms in total. The third-order valence-electron chi connectivity index (χ3n) is 3.35. The number of nitrogens with one attached hydrogen (secondary N) is 1. The second-order valence-corrected chi connectivity index (χ2v) is 5.27. The van der Waals surface area contributed by atoms with Crippen LogP contribution in [0.15, 0.2) is 30.6 Å². The molecule has 0 bridgehead atoms. The normalized spacial score (nSPS) is 17.9. The van der Waals surface area contributed by atoms with Crippen LogP contribution in [0.2, 0.25) is 5.02 Å². The fourth-order valence-electron chi connectivity index (χ4n) is 2.37. The maximum atomic E-state index is 5.98. The Morgan fingerprint density at radius 3 is 2.79 bits per heavy atom. The molecule has 98 valence electrons. The fraction of sp³-hybridized carbons (Fsp3) is 0.286. The van der Waals surface area contributed by atoms with Crippen LogP contribution in [0.5, 0.6) is 0 Å². The Labute approximate surface area is 117 Å². The summed E-state index contributed by atoms with van der Waals surface area (Å²) >= 11 is 5.76.